The van der Waals surface area contributed by atoms with E-state index in [9.17, 15) is 9.59 Å². The van der Waals surface area contributed by atoms with Gasteiger partial charge in [0.2, 0.25) is 11.8 Å². The van der Waals surface area contributed by atoms with Crippen molar-refractivity contribution < 1.29 is 9.59 Å². The summed E-state index contributed by atoms with van der Waals surface area (Å²) in [4.78, 5) is 35.0. The average molecular weight is 330 g/mol. The minimum absolute atomic E-state index is 0.0147. The monoisotopic (exact) mass is 330 g/mol. The number of rotatable bonds is 6. The summed E-state index contributed by atoms with van der Waals surface area (Å²) in [6, 6.07) is 0. The number of amides is 2. The molecule has 130 valence electrons. The highest BCUT2D eigenvalue weighted by molar-refractivity contribution is 5.93. The molecule has 1 fully saturated rings. The van der Waals surface area contributed by atoms with E-state index in [-0.39, 0.29) is 11.8 Å². The van der Waals surface area contributed by atoms with E-state index in [1.54, 1.807) is 37.5 Å². The Labute approximate surface area is 143 Å². The summed E-state index contributed by atoms with van der Waals surface area (Å²) in [5, 5.41) is 2.79. The zero-order chi connectivity index (χ0) is 17.6. The summed E-state index contributed by atoms with van der Waals surface area (Å²) >= 11 is 0. The van der Waals surface area contributed by atoms with Gasteiger partial charge in [-0.05, 0) is 39.0 Å². The molecule has 1 aliphatic heterocycles. The lowest BCUT2D eigenvalue weighted by Gasteiger charge is -2.41. The maximum atomic E-state index is 12.6. The molecule has 1 aliphatic rings. The van der Waals surface area contributed by atoms with Crippen LogP contribution in [0.1, 0.15) is 38.3 Å². The van der Waals surface area contributed by atoms with Crippen LogP contribution in [-0.2, 0) is 16.0 Å². The van der Waals surface area contributed by atoms with E-state index >= 15 is 0 Å². The molecule has 2 heterocycles. The van der Waals surface area contributed by atoms with Crippen molar-refractivity contribution in [2.75, 3.05) is 20.1 Å². The van der Waals surface area contributed by atoms with E-state index < -0.39 is 5.41 Å². The molecule has 0 aromatic carbocycles. The molecule has 2 rings (SSSR count). The van der Waals surface area contributed by atoms with Gasteiger partial charge in [0.25, 0.3) is 0 Å². The SMILES string of the molecule is C=C(C)C(=O)N1CCCC(CCCc2cnccn2)(C(=O)NC)C1. The summed E-state index contributed by atoms with van der Waals surface area (Å²) in [5.74, 6) is -0.0437. The van der Waals surface area contributed by atoms with Crippen LogP contribution in [-0.4, -0.2) is 46.8 Å². The first-order valence-electron chi connectivity index (χ1n) is 8.40. The molecule has 1 aromatic heterocycles. The van der Waals surface area contributed by atoms with Crippen LogP contribution in [0.15, 0.2) is 30.7 Å². The quantitative estimate of drug-likeness (QED) is 0.806. The fourth-order valence-corrected chi connectivity index (χ4v) is 3.41. The summed E-state index contributed by atoms with van der Waals surface area (Å²) in [6.07, 6.45) is 9.05. The largest absolute Gasteiger partial charge is 0.359 e. The first kappa shape index (κ1) is 18.1. The Kier molecular flexibility index (Phi) is 6.06. The van der Waals surface area contributed by atoms with Gasteiger partial charge in [-0.1, -0.05) is 6.58 Å². The Bertz CT molecular complexity index is 602. The highest BCUT2D eigenvalue weighted by Crippen LogP contribution is 2.36. The second kappa shape index (κ2) is 8.04. The first-order chi connectivity index (χ1) is 11.5. The van der Waals surface area contributed by atoms with Crippen LogP contribution < -0.4 is 5.32 Å². The van der Waals surface area contributed by atoms with Gasteiger partial charge in [0, 0.05) is 44.3 Å². The second-order valence-electron chi connectivity index (χ2n) is 6.52. The van der Waals surface area contributed by atoms with E-state index in [0.717, 1.165) is 37.8 Å². The van der Waals surface area contributed by atoms with Gasteiger partial charge in [-0.25, -0.2) is 0 Å². The van der Waals surface area contributed by atoms with Crippen molar-refractivity contribution >= 4 is 11.8 Å². The van der Waals surface area contributed by atoms with Crippen molar-refractivity contribution in [2.24, 2.45) is 5.41 Å². The highest BCUT2D eigenvalue weighted by Gasteiger charge is 2.42. The summed E-state index contributed by atoms with van der Waals surface area (Å²) < 4.78 is 0. The third-order valence-corrected chi connectivity index (χ3v) is 4.64. The molecule has 2 amide bonds. The summed E-state index contributed by atoms with van der Waals surface area (Å²) in [6.45, 7) is 6.60. The number of carbonyl (C=O) groups excluding carboxylic acids is 2. The third-order valence-electron chi connectivity index (χ3n) is 4.64. The van der Waals surface area contributed by atoms with E-state index in [2.05, 4.69) is 21.9 Å². The van der Waals surface area contributed by atoms with Crippen LogP contribution in [0.25, 0.3) is 0 Å². The maximum absolute atomic E-state index is 12.6. The van der Waals surface area contributed by atoms with Crippen LogP contribution >= 0.6 is 0 Å². The normalized spacial score (nSPS) is 20.5. The molecular weight excluding hydrogens is 304 g/mol. The molecule has 6 heteroatoms. The Morgan fingerprint density at radius 2 is 2.21 bits per heavy atom. The lowest BCUT2D eigenvalue weighted by Crippen LogP contribution is -2.53. The standard InChI is InChI=1S/C18H26N4O2/c1-14(2)16(23)22-11-5-8-18(13-22,17(24)19-3)7-4-6-15-12-20-9-10-21-15/h9-10,12H,1,4-8,11,13H2,2-3H3,(H,19,24). The zero-order valence-corrected chi connectivity index (χ0v) is 14.5. The summed E-state index contributed by atoms with van der Waals surface area (Å²) in [5.41, 5.74) is 0.915. The van der Waals surface area contributed by atoms with Gasteiger partial charge in [0.15, 0.2) is 0 Å². The molecule has 6 nitrogen and oxygen atoms in total. The number of carbonyl (C=O) groups is 2. The summed E-state index contributed by atoms with van der Waals surface area (Å²) in [7, 11) is 1.66. The van der Waals surface area contributed by atoms with E-state index in [0.29, 0.717) is 18.7 Å². The predicted molar refractivity (Wildman–Crippen MR) is 92.1 cm³/mol. The Morgan fingerprint density at radius 3 is 2.83 bits per heavy atom. The minimum Gasteiger partial charge on any atom is -0.359 e. The molecule has 1 N–H and O–H groups in total. The van der Waals surface area contributed by atoms with Crippen LogP contribution in [0.2, 0.25) is 0 Å². The number of hydrogen-bond acceptors (Lipinski definition) is 4. The molecule has 0 saturated carbocycles. The molecule has 1 atom stereocenters. The van der Waals surface area contributed by atoms with Crippen molar-refractivity contribution in [1.29, 1.82) is 0 Å². The number of aryl methyl sites for hydroxylation is 1. The van der Waals surface area contributed by atoms with Crippen molar-refractivity contribution in [3.05, 3.63) is 36.4 Å². The lowest BCUT2D eigenvalue weighted by atomic mass is 9.74. The van der Waals surface area contributed by atoms with E-state index in [4.69, 9.17) is 0 Å². The van der Waals surface area contributed by atoms with Crippen LogP contribution in [0.3, 0.4) is 0 Å². The number of hydrogen-bond donors (Lipinski definition) is 1. The fourth-order valence-electron chi connectivity index (χ4n) is 3.41. The Morgan fingerprint density at radius 1 is 1.42 bits per heavy atom. The van der Waals surface area contributed by atoms with E-state index in [1.165, 1.54) is 0 Å². The van der Waals surface area contributed by atoms with E-state index in [1.807, 2.05) is 0 Å². The molecule has 0 spiro atoms. The zero-order valence-electron chi connectivity index (χ0n) is 14.5. The number of nitrogens with one attached hydrogen (secondary N) is 1. The highest BCUT2D eigenvalue weighted by atomic mass is 16.2. The molecule has 1 saturated heterocycles. The minimum atomic E-state index is -0.527. The first-order valence-corrected chi connectivity index (χ1v) is 8.40. The van der Waals surface area contributed by atoms with Crippen LogP contribution in [0.5, 0.6) is 0 Å². The molecule has 1 aromatic rings. The molecule has 24 heavy (non-hydrogen) atoms. The van der Waals surface area contributed by atoms with Crippen LogP contribution in [0.4, 0.5) is 0 Å². The smallest absolute Gasteiger partial charge is 0.248 e. The van der Waals surface area contributed by atoms with Gasteiger partial charge in [-0.15, -0.1) is 0 Å². The van der Waals surface area contributed by atoms with Gasteiger partial charge >= 0.3 is 0 Å². The lowest BCUT2D eigenvalue weighted by molar-refractivity contribution is -0.139. The van der Waals surface area contributed by atoms with Crippen molar-refractivity contribution in [3.8, 4) is 0 Å². The molecular formula is C18H26N4O2. The van der Waals surface area contributed by atoms with Gasteiger partial charge in [-0.2, -0.15) is 0 Å². The fraction of sp³-hybridized carbons (Fsp3) is 0.556. The Hall–Kier alpha value is -2.24. The second-order valence-corrected chi connectivity index (χ2v) is 6.52. The van der Waals surface area contributed by atoms with Gasteiger partial charge in [0.05, 0.1) is 11.1 Å². The maximum Gasteiger partial charge on any atom is 0.248 e. The molecule has 0 radical (unpaired) electrons. The average Bonchev–Trinajstić information content (AvgIpc) is 2.61. The molecule has 1 unspecified atom stereocenters. The predicted octanol–water partition coefficient (Wildman–Crippen LogP) is 1.73. The van der Waals surface area contributed by atoms with Crippen LogP contribution in [0, 0.1) is 5.41 Å². The van der Waals surface area contributed by atoms with Gasteiger partial charge < -0.3 is 10.2 Å². The molecule has 0 aliphatic carbocycles. The number of piperidine rings is 1. The van der Waals surface area contributed by atoms with Crippen molar-refractivity contribution in [1.82, 2.24) is 20.2 Å². The Balaban J connectivity index is 2.07. The van der Waals surface area contributed by atoms with Crippen molar-refractivity contribution in [2.45, 2.75) is 39.0 Å². The molecule has 0 bridgehead atoms. The van der Waals surface area contributed by atoms with Gasteiger partial charge in [-0.3, -0.25) is 19.6 Å². The number of likely N-dealkylation sites (tertiary alicyclic amines) is 1. The number of nitrogens with zero attached hydrogens (tertiary/aromatic N) is 3. The number of aromatic nitrogens is 2. The van der Waals surface area contributed by atoms with Crippen molar-refractivity contribution in [3.63, 3.8) is 0 Å². The topological polar surface area (TPSA) is 75.2 Å². The van der Waals surface area contributed by atoms with Gasteiger partial charge in [0.1, 0.15) is 0 Å². The third kappa shape index (κ3) is 4.19.